The summed E-state index contributed by atoms with van der Waals surface area (Å²) >= 11 is 0. The molecule has 0 aliphatic carbocycles. The van der Waals surface area contributed by atoms with E-state index in [-0.39, 0.29) is 18.3 Å². The maximum atomic E-state index is 13.2. The third-order valence-electron chi connectivity index (χ3n) is 2.98. The average Bonchev–Trinajstić information content (AvgIpc) is 2.95. The highest BCUT2D eigenvalue weighted by atomic mass is 19.1. The molecule has 0 fully saturated rings. The van der Waals surface area contributed by atoms with E-state index in [1.54, 1.807) is 30.3 Å². The van der Waals surface area contributed by atoms with Crippen molar-refractivity contribution in [2.24, 2.45) is 0 Å². The van der Waals surface area contributed by atoms with Crippen LogP contribution in [0.5, 0.6) is 0 Å². The molecular weight excluding hydrogens is 285 g/mol. The highest BCUT2D eigenvalue weighted by molar-refractivity contribution is 5.93. The molecule has 0 atom stereocenters. The number of esters is 1. The van der Waals surface area contributed by atoms with Gasteiger partial charge in [-0.2, -0.15) is 0 Å². The quantitative estimate of drug-likeness (QED) is 0.549. The summed E-state index contributed by atoms with van der Waals surface area (Å²) in [4.78, 5) is 16.0. The average molecular weight is 295 g/mol. The first-order chi connectivity index (χ1) is 10.7. The van der Waals surface area contributed by atoms with Gasteiger partial charge in [0.05, 0.1) is 5.56 Å². The summed E-state index contributed by atoms with van der Waals surface area (Å²) in [5.74, 6) is 1.60. The zero-order chi connectivity index (χ0) is 15.5. The summed E-state index contributed by atoms with van der Waals surface area (Å²) in [5.41, 5.74) is 1.82. The van der Waals surface area contributed by atoms with E-state index in [1.807, 2.05) is 0 Å². The van der Waals surface area contributed by atoms with Gasteiger partial charge in [0, 0.05) is 5.56 Å². The Hall–Kier alpha value is -3.13. The molecule has 0 aliphatic rings. The first-order valence-corrected chi connectivity index (χ1v) is 6.44. The predicted molar refractivity (Wildman–Crippen MR) is 78.5 cm³/mol. The van der Waals surface area contributed by atoms with Crippen molar-refractivity contribution in [1.82, 2.24) is 4.98 Å². The van der Waals surface area contributed by atoms with Crippen LogP contribution in [0.1, 0.15) is 10.4 Å². The lowest BCUT2D eigenvalue weighted by Gasteiger charge is -1.99. The van der Waals surface area contributed by atoms with Crippen LogP contribution in [0.15, 0.2) is 46.9 Å². The van der Waals surface area contributed by atoms with Gasteiger partial charge in [0.15, 0.2) is 12.2 Å². The van der Waals surface area contributed by atoms with Crippen LogP contribution in [0.25, 0.3) is 22.6 Å². The van der Waals surface area contributed by atoms with E-state index in [9.17, 15) is 9.18 Å². The van der Waals surface area contributed by atoms with Gasteiger partial charge in [0.1, 0.15) is 11.3 Å². The van der Waals surface area contributed by atoms with Crippen molar-refractivity contribution in [1.29, 1.82) is 0 Å². The van der Waals surface area contributed by atoms with E-state index in [0.29, 0.717) is 22.2 Å². The van der Waals surface area contributed by atoms with Gasteiger partial charge in [0.25, 0.3) is 0 Å². The summed E-state index contributed by atoms with van der Waals surface area (Å²) in [5, 5.41) is 0. The smallest absolute Gasteiger partial charge is 0.339 e. The number of ether oxygens (including phenoxy) is 1. The Kier molecular flexibility index (Phi) is 3.58. The summed E-state index contributed by atoms with van der Waals surface area (Å²) < 4.78 is 23.7. The SMILES string of the molecule is C#CCOC(=O)c1ccc2oc(-c3cccc(F)c3)nc2c1. The van der Waals surface area contributed by atoms with Crippen molar-refractivity contribution < 1.29 is 18.3 Å². The van der Waals surface area contributed by atoms with Crippen molar-refractivity contribution in [2.45, 2.75) is 0 Å². The van der Waals surface area contributed by atoms with E-state index in [2.05, 4.69) is 10.9 Å². The minimum atomic E-state index is -0.532. The Labute approximate surface area is 125 Å². The molecule has 0 N–H and O–H groups in total. The van der Waals surface area contributed by atoms with E-state index >= 15 is 0 Å². The topological polar surface area (TPSA) is 52.3 Å². The van der Waals surface area contributed by atoms with Crippen molar-refractivity contribution >= 4 is 17.1 Å². The third kappa shape index (κ3) is 2.67. The summed E-state index contributed by atoms with van der Waals surface area (Å²) in [6.07, 6.45) is 5.04. The Bertz CT molecular complexity index is 892. The molecule has 5 heteroatoms. The highest BCUT2D eigenvalue weighted by Gasteiger charge is 2.12. The lowest BCUT2D eigenvalue weighted by atomic mass is 10.2. The molecular formula is C17H10FNO3. The van der Waals surface area contributed by atoms with Crippen molar-refractivity contribution in [2.75, 3.05) is 6.61 Å². The van der Waals surface area contributed by atoms with Crippen LogP contribution < -0.4 is 0 Å². The number of aromatic nitrogens is 1. The molecule has 0 bridgehead atoms. The number of halogens is 1. The van der Waals surface area contributed by atoms with Crippen molar-refractivity contribution in [3.8, 4) is 23.8 Å². The number of fused-ring (bicyclic) bond motifs is 1. The molecule has 3 aromatic rings. The largest absolute Gasteiger partial charge is 0.449 e. The Morgan fingerprint density at radius 1 is 1.32 bits per heavy atom. The van der Waals surface area contributed by atoms with E-state index < -0.39 is 5.97 Å². The van der Waals surface area contributed by atoms with E-state index in [0.717, 1.165) is 0 Å². The van der Waals surface area contributed by atoms with Crippen LogP contribution >= 0.6 is 0 Å². The second-order valence-electron chi connectivity index (χ2n) is 4.49. The van der Waals surface area contributed by atoms with Crippen LogP contribution in [0.4, 0.5) is 4.39 Å². The van der Waals surface area contributed by atoms with Crippen LogP contribution in [0.3, 0.4) is 0 Å². The molecule has 0 radical (unpaired) electrons. The van der Waals surface area contributed by atoms with Gasteiger partial charge in [-0.1, -0.05) is 12.0 Å². The molecule has 2 aromatic carbocycles. The number of nitrogens with zero attached hydrogens (tertiary/aromatic N) is 1. The van der Waals surface area contributed by atoms with Gasteiger partial charge in [-0.25, -0.2) is 14.2 Å². The normalized spacial score (nSPS) is 10.4. The van der Waals surface area contributed by atoms with Crippen LogP contribution in [0.2, 0.25) is 0 Å². The molecule has 0 unspecified atom stereocenters. The number of terminal acetylenes is 1. The molecule has 0 amide bonds. The van der Waals surface area contributed by atoms with Gasteiger partial charge < -0.3 is 9.15 Å². The molecule has 0 aliphatic heterocycles. The molecule has 0 spiro atoms. The molecule has 108 valence electrons. The van der Waals surface area contributed by atoms with Gasteiger partial charge in [0.2, 0.25) is 5.89 Å². The molecule has 22 heavy (non-hydrogen) atoms. The number of benzene rings is 2. The summed E-state index contributed by atoms with van der Waals surface area (Å²) in [6, 6.07) is 10.6. The molecule has 1 heterocycles. The van der Waals surface area contributed by atoms with Gasteiger partial charge in [-0.05, 0) is 36.4 Å². The number of oxazole rings is 1. The first-order valence-electron chi connectivity index (χ1n) is 6.44. The van der Waals surface area contributed by atoms with E-state index in [4.69, 9.17) is 15.6 Å². The fourth-order valence-corrected chi connectivity index (χ4v) is 1.99. The van der Waals surface area contributed by atoms with Gasteiger partial charge in [-0.3, -0.25) is 0 Å². The molecule has 4 nitrogen and oxygen atoms in total. The number of carbonyl (C=O) groups excluding carboxylic acids is 1. The standard InChI is InChI=1S/C17H10FNO3/c1-2-8-21-17(20)12-6-7-15-14(10-12)19-16(22-15)11-4-3-5-13(18)9-11/h1,3-7,9-10H,8H2. The number of carbonyl (C=O) groups is 1. The van der Waals surface area contributed by atoms with Crippen LogP contribution in [0, 0.1) is 18.2 Å². The highest BCUT2D eigenvalue weighted by Crippen LogP contribution is 2.25. The van der Waals surface area contributed by atoms with Crippen molar-refractivity contribution in [3.63, 3.8) is 0 Å². The maximum absolute atomic E-state index is 13.2. The van der Waals surface area contributed by atoms with Crippen LogP contribution in [-0.2, 0) is 4.74 Å². The number of rotatable bonds is 3. The minimum Gasteiger partial charge on any atom is -0.449 e. The second-order valence-corrected chi connectivity index (χ2v) is 4.49. The molecule has 0 saturated heterocycles. The maximum Gasteiger partial charge on any atom is 0.339 e. The number of hydrogen-bond donors (Lipinski definition) is 0. The second kappa shape index (κ2) is 5.70. The Morgan fingerprint density at radius 2 is 2.18 bits per heavy atom. The molecule has 0 saturated carbocycles. The zero-order valence-corrected chi connectivity index (χ0v) is 11.4. The van der Waals surface area contributed by atoms with Crippen LogP contribution in [-0.4, -0.2) is 17.6 Å². The van der Waals surface area contributed by atoms with Gasteiger partial charge >= 0.3 is 5.97 Å². The first kappa shape index (κ1) is 13.8. The number of hydrogen-bond acceptors (Lipinski definition) is 4. The summed E-state index contributed by atoms with van der Waals surface area (Å²) in [7, 11) is 0. The van der Waals surface area contributed by atoms with Gasteiger partial charge in [-0.15, -0.1) is 6.42 Å². The zero-order valence-electron chi connectivity index (χ0n) is 11.4. The lowest BCUT2D eigenvalue weighted by Crippen LogP contribution is -2.04. The minimum absolute atomic E-state index is 0.0930. The molecule has 3 rings (SSSR count). The van der Waals surface area contributed by atoms with E-state index in [1.165, 1.54) is 12.1 Å². The Morgan fingerprint density at radius 3 is 2.95 bits per heavy atom. The fourth-order valence-electron chi connectivity index (χ4n) is 1.99. The third-order valence-corrected chi connectivity index (χ3v) is 2.98. The fraction of sp³-hybridized carbons (Fsp3) is 0.0588. The Balaban J connectivity index is 1.97. The lowest BCUT2D eigenvalue weighted by molar-refractivity contribution is 0.0557. The predicted octanol–water partition coefficient (Wildman–Crippen LogP) is 3.42. The molecule has 1 aromatic heterocycles. The summed E-state index contributed by atoms with van der Waals surface area (Å²) in [6.45, 7) is -0.0930. The monoisotopic (exact) mass is 295 g/mol. The van der Waals surface area contributed by atoms with Crippen molar-refractivity contribution in [3.05, 3.63) is 53.8 Å².